The van der Waals surface area contributed by atoms with Crippen LogP contribution in [0.5, 0.6) is 0 Å². The van der Waals surface area contributed by atoms with Crippen LogP contribution in [-0.2, 0) is 10.3 Å². The molecule has 2 rings (SSSR count). The number of hydrogen-bond acceptors (Lipinski definition) is 5. The van der Waals surface area contributed by atoms with E-state index in [1.165, 1.54) is 0 Å². The molecule has 2 heterocycles. The third-order valence-electron chi connectivity index (χ3n) is 1.89. The quantitative estimate of drug-likeness (QED) is 0.631. The van der Waals surface area contributed by atoms with Crippen molar-refractivity contribution >= 4 is 28.1 Å². The van der Waals surface area contributed by atoms with Crippen molar-refractivity contribution in [3.63, 3.8) is 0 Å². The molecule has 0 saturated carbocycles. The molecule has 0 atom stereocenters. The van der Waals surface area contributed by atoms with Crippen molar-refractivity contribution in [1.82, 2.24) is 19.7 Å². The molecule has 1 amide bonds. The normalized spacial score (nSPS) is 15.6. The molecule has 1 aliphatic heterocycles. The fraction of sp³-hybridized carbons (Fsp3) is 0.500. The Kier molecular flexibility index (Phi) is 2.82. The minimum Gasteiger partial charge on any atom is -0.313 e. The Bertz CT molecular complexity index is 529. The van der Waals surface area contributed by atoms with E-state index in [1.54, 1.807) is 16.7 Å². The maximum Gasteiger partial charge on any atom is 0.345 e. The second-order valence-electron chi connectivity index (χ2n) is 2.85. The van der Waals surface area contributed by atoms with E-state index < -0.39 is 10.3 Å². The lowest BCUT2D eigenvalue weighted by Crippen LogP contribution is -2.32. The van der Waals surface area contributed by atoms with Gasteiger partial charge >= 0.3 is 6.03 Å². The van der Waals surface area contributed by atoms with E-state index in [0.717, 1.165) is 16.8 Å². The Balaban J connectivity index is 2.30. The van der Waals surface area contributed by atoms with Crippen LogP contribution in [-0.4, -0.2) is 52.3 Å². The lowest BCUT2D eigenvalue weighted by atomic mass is 10.6. The molecule has 1 aromatic heterocycles. The van der Waals surface area contributed by atoms with Crippen LogP contribution in [0.2, 0.25) is 0 Å². The summed E-state index contributed by atoms with van der Waals surface area (Å²) in [5.41, 5.74) is 0. The Labute approximate surface area is 90.6 Å². The Morgan fingerprint density at radius 3 is 2.93 bits per heavy atom. The predicted molar refractivity (Wildman–Crippen MR) is 53.6 cm³/mol. The van der Waals surface area contributed by atoms with Gasteiger partial charge in [0.05, 0.1) is 5.88 Å². The molecule has 0 unspecified atom stereocenters. The first-order chi connectivity index (χ1) is 7.18. The number of thioether (sulfide) groups is 1. The molecular formula is C6H8N4O3S2. The third-order valence-corrected chi connectivity index (χ3v) is 3.37. The van der Waals surface area contributed by atoms with Crippen LogP contribution in [0.4, 0.5) is 4.79 Å². The highest BCUT2D eigenvalue weighted by Crippen LogP contribution is 2.13. The molecule has 0 spiro atoms. The fourth-order valence-corrected chi connectivity index (χ4v) is 2.41. The second kappa shape index (κ2) is 4.11. The molecule has 1 N–H and O–H groups in total. The molecule has 15 heavy (non-hydrogen) atoms. The number of amides is 1. The molecule has 82 valence electrons. The van der Waals surface area contributed by atoms with Gasteiger partial charge in [0, 0.05) is 12.3 Å². The van der Waals surface area contributed by atoms with Crippen molar-refractivity contribution in [1.29, 1.82) is 0 Å². The molecule has 7 nitrogen and oxygen atoms in total. The van der Waals surface area contributed by atoms with E-state index in [9.17, 15) is 13.2 Å². The highest BCUT2D eigenvalue weighted by molar-refractivity contribution is 7.99. The standard InChI is InChI=1S/C6H8N4O3S2/c11-6(9-1-2-14-4-9)10-3-7-5(8-10)15(12)13/h3,8H,1-2,4H2. The summed E-state index contributed by atoms with van der Waals surface area (Å²) in [6.07, 6.45) is 1.16. The maximum atomic E-state index is 11.7. The first-order valence-electron chi connectivity index (χ1n) is 4.11. The van der Waals surface area contributed by atoms with Crippen LogP contribution in [0.25, 0.3) is 0 Å². The van der Waals surface area contributed by atoms with E-state index in [1.807, 2.05) is 0 Å². The van der Waals surface area contributed by atoms with E-state index in [-0.39, 0.29) is 10.8 Å². The average molecular weight is 248 g/mol. The number of hydrogen-bond donors (Lipinski definition) is 1. The minimum absolute atomic E-state index is 0.241. The summed E-state index contributed by atoms with van der Waals surface area (Å²) in [6.45, 7) is 0.672. The fourth-order valence-electron chi connectivity index (χ4n) is 1.17. The summed E-state index contributed by atoms with van der Waals surface area (Å²) in [6, 6.07) is -0.288. The third kappa shape index (κ3) is 2.07. The number of nitrogens with zero attached hydrogens (tertiary/aromatic N) is 3. The minimum atomic E-state index is -2.44. The van der Waals surface area contributed by atoms with Crippen molar-refractivity contribution in [2.45, 2.75) is 0 Å². The van der Waals surface area contributed by atoms with Crippen LogP contribution in [0.3, 0.4) is 0 Å². The van der Waals surface area contributed by atoms with Gasteiger partial charge in [-0.15, -0.1) is 11.8 Å². The lowest BCUT2D eigenvalue weighted by molar-refractivity contribution is 0.209. The zero-order chi connectivity index (χ0) is 10.8. The van der Waals surface area contributed by atoms with Crippen LogP contribution >= 0.6 is 11.8 Å². The summed E-state index contributed by atoms with van der Waals surface area (Å²) >= 11 is 1.65. The van der Waals surface area contributed by atoms with Gasteiger partial charge < -0.3 is 4.90 Å². The summed E-state index contributed by atoms with van der Waals surface area (Å²) < 4.78 is 21.9. The van der Waals surface area contributed by atoms with Crippen LogP contribution in [0.1, 0.15) is 0 Å². The molecule has 0 bridgehead atoms. The zero-order valence-electron chi connectivity index (χ0n) is 7.58. The van der Waals surface area contributed by atoms with Crippen molar-refractivity contribution in [3.05, 3.63) is 11.1 Å². The smallest absolute Gasteiger partial charge is 0.313 e. The van der Waals surface area contributed by atoms with E-state index in [2.05, 4.69) is 10.1 Å². The second-order valence-corrected chi connectivity index (χ2v) is 4.78. The summed E-state index contributed by atoms with van der Waals surface area (Å²) in [4.78, 5) is 16.8. The largest absolute Gasteiger partial charge is 0.345 e. The van der Waals surface area contributed by atoms with Crippen molar-refractivity contribution in [2.24, 2.45) is 0 Å². The van der Waals surface area contributed by atoms with Crippen molar-refractivity contribution in [3.8, 4) is 0 Å². The Hall–Kier alpha value is -1.22. The summed E-state index contributed by atoms with van der Waals surface area (Å²) in [5, 5.41) is 2.38. The number of H-pyrrole nitrogens is 1. The summed E-state index contributed by atoms with van der Waals surface area (Å²) in [5.74, 6) is 1.53. The topological polar surface area (TPSA) is 88.1 Å². The van der Waals surface area contributed by atoms with Crippen molar-refractivity contribution < 1.29 is 13.2 Å². The molecule has 0 radical (unpaired) electrons. The van der Waals surface area contributed by atoms with Gasteiger partial charge in [0.25, 0.3) is 15.1 Å². The molecule has 1 aliphatic rings. The van der Waals surface area contributed by atoms with Gasteiger partial charge in [-0.3, -0.25) is 5.10 Å². The van der Waals surface area contributed by atoms with E-state index >= 15 is 0 Å². The van der Waals surface area contributed by atoms with Crippen LogP contribution in [0, 0.1) is 4.77 Å². The monoisotopic (exact) mass is 248 g/mol. The van der Waals surface area contributed by atoms with Crippen LogP contribution < -0.4 is 0 Å². The highest BCUT2D eigenvalue weighted by Gasteiger charge is 2.19. The first-order valence-corrected chi connectivity index (χ1v) is 6.34. The van der Waals surface area contributed by atoms with Crippen molar-refractivity contribution in [2.75, 3.05) is 18.2 Å². The van der Waals surface area contributed by atoms with Gasteiger partial charge in [-0.05, 0) is 0 Å². The Morgan fingerprint density at radius 1 is 1.60 bits per heavy atom. The molecule has 9 heteroatoms. The van der Waals surface area contributed by atoms with Gasteiger partial charge in [0.2, 0.25) is 0 Å². The number of aromatic nitrogens is 3. The van der Waals surface area contributed by atoms with E-state index in [4.69, 9.17) is 0 Å². The number of carbonyl (C=O) groups is 1. The molecule has 1 saturated heterocycles. The molecule has 0 aliphatic carbocycles. The number of rotatable bonds is 0. The zero-order valence-corrected chi connectivity index (χ0v) is 9.21. The van der Waals surface area contributed by atoms with E-state index in [0.29, 0.717) is 12.4 Å². The highest BCUT2D eigenvalue weighted by atomic mass is 32.2. The number of carbonyl (C=O) groups excluding carboxylic acids is 1. The molecular weight excluding hydrogens is 240 g/mol. The first kappa shape index (κ1) is 10.3. The molecule has 1 aromatic rings. The predicted octanol–water partition coefficient (Wildman–Crippen LogP) is -0.403. The summed E-state index contributed by atoms with van der Waals surface area (Å²) in [7, 11) is -2.44. The molecule has 0 aromatic carbocycles. The lowest BCUT2D eigenvalue weighted by Gasteiger charge is -2.12. The Morgan fingerprint density at radius 2 is 2.40 bits per heavy atom. The number of aromatic amines is 1. The van der Waals surface area contributed by atoms with Gasteiger partial charge in [-0.25, -0.2) is 9.78 Å². The SMILES string of the molecule is O=C(N1CCSC1)n1cnc(=S(=O)=O)[nH]1. The van der Waals surface area contributed by atoms with Crippen LogP contribution in [0.15, 0.2) is 6.33 Å². The van der Waals surface area contributed by atoms with Gasteiger partial charge in [0.15, 0.2) is 0 Å². The molecule has 1 fully saturated rings. The van der Waals surface area contributed by atoms with Gasteiger partial charge in [-0.1, -0.05) is 0 Å². The van der Waals surface area contributed by atoms with Gasteiger partial charge in [-0.2, -0.15) is 13.1 Å². The maximum absolute atomic E-state index is 11.7. The number of nitrogens with one attached hydrogen (secondary N) is 1. The van der Waals surface area contributed by atoms with Gasteiger partial charge in [0.1, 0.15) is 6.33 Å². The average Bonchev–Trinajstić information content (AvgIpc) is 2.88.